The Morgan fingerprint density at radius 2 is 2.05 bits per heavy atom. The van der Waals surface area contributed by atoms with Crippen LogP contribution in [-0.2, 0) is 0 Å². The van der Waals surface area contributed by atoms with Crippen LogP contribution in [0.15, 0.2) is 28.9 Å². The minimum atomic E-state index is -0.801. The van der Waals surface area contributed by atoms with E-state index in [1.165, 1.54) is 0 Å². The van der Waals surface area contributed by atoms with Crippen LogP contribution in [0.3, 0.4) is 0 Å². The number of fused-ring (bicyclic) bond motifs is 1. The number of rotatable bonds is 5. The largest absolute Gasteiger partial charge is 0.396 e. The van der Waals surface area contributed by atoms with E-state index in [4.69, 9.17) is 5.73 Å². The fourth-order valence-corrected chi connectivity index (χ4v) is 2.39. The number of aliphatic hydroxyl groups is 2. The van der Waals surface area contributed by atoms with E-state index in [1.807, 2.05) is 25.1 Å². The van der Waals surface area contributed by atoms with Gasteiger partial charge in [-0.15, -0.1) is 0 Å². The van der Waals surface area contributed by atoms with Crippen molar-refractivity contribution < 1.29 is 10.2 Å². The zero-order valence-corrected chi connectivity index (χ0v) is 12.8. The molecule has 1 aromatic heterocycles. The normalized spacial score (nSPS) is 11.8. The summed E-state index contributed by atoms with van der Waals surface area (Å²) in [6.45, 7) is 1.53. The van der Waals surface area contributed by atoms with Crippen LogP contribution in [0.2, 0.25) is 0 Å². The van der Waals surface area contributed by atoms with E-state index in [9.17, 15) is 10.2 Å². The highest BCUT2D eigenvalue weighted by atomic mass is 79.9. The summed E-state index contributed by atoms with van der Waals surface area (Å²) in [5, 5.41) is 23.2. The topological polar surface area (TPSA) is 91.4 Å². The van der Waals surface area contributed by atoms with Crippen molar-refractivity contribution in [1.82, 2.24) is 4.98 Å². The van der Waals surface area contributed by atoms with Crippen LogP contribution in [0.5, 0.6) is 0 Å². The molecule has 0 spiro atoms. The van der Waals surface area contributed by atoms with Gasteiger partial charge in [0.2, 0.25) is 0 Å². The third-order valence-electron chi connectivity index (χ3n) is 3.53. The molecule has 0 aliphatic carbocycles. The number of benzene rings is 1. The second-order valence-corrected chi connectivity index (χ2v) is 5.74. The van der Waals surface area contributed by atoms with Crippen molar-refractivity contribution in [2.24, 2.45) is 0 Å². The lowest BCUT2D eigenvalue weighted by molar-refractivity contribution is 0.133. The summed E-state index contributed by atoms with van der Waals surface area (Å²) in [6, 6.07) is 5.70. The molecule has 0 saturated heterocycles. The quantitative estimate of drug-likeness (QED) is 0.669. The predicted octanol–water partition coefficient (Wildman–Crippen LogP) is 2.12. The summed E-state index contributed by atoms with van der Waals surface area (Å²) in [4.78, 5) is 4.28. The van der Waals surface area contributed by atoms with Crippen molar-refractivity contribution in [2.75, 3.05) is 24.3 Å². The van der Waals surface area contributed by atoms with Gasteiger partial charge in [-0.3, -0.25) is 4.98 Å². The fourth-order valence-electron chi connectivity index (χ4n) is 2.03. The third-order valence-corrected chi connectivity index (χ3v) is 4.02. The zero-order chi connectivity index (χ0) is 14.8. The molecule has 5 nitrogen and oxygen atoms in total. The summed E-state index contributed by atoms with van der Waals surface area (Å²) in [5.41, 5.74) is 7.16. The van der Waals surface area contributed by atoms with E-state index < -0.39 is 5.54 Å². The molecule has 1 heterocycles. The van der Waals surface area contributed by atoms with Crippen molar-refractivity contribution in [3.63, 3.8) is 0 Å². The number of nitrogens with zero attached hydrogens (tertiary/aromatic N) is 1. The molecule has 20 heavy (non-hydrogen) atoms. The first-order valence-corrected chi connectivity index (χ1v) is 7.18. The second kappa shape index (κ2) is 5.95. The molecule has 2 aromatic rings. The van der Waals surface area contributed by atoms with Gasteiger partial charge in [0.1, 0.15) is 0 Å². The van der Waals surface area contributed by atoms with Crippen LogP contribution in [0.25, 0.3) is 10.9 Å². The van der Waals surface area contributed by atoms with Gasteiger partial charge in [-0.2, -0.15) is 0 Å². The first-order chi connectivity index (χ1) is 9.55. The Bertz CT molecular complexity index is 601. The third kappa shape index (κ3) is 2.72. The molecule has 0 aliphatic rings. The number of hydrogen-bond acceptors (Lipinski definition) is 5. The molecule has 5 N–H and O–H groups in total. The average molecular weight is 340 g/mol. The lowest BCUT2D eigenvalue weighted by Crippen LogP contribution is -2.45. The molecular weight excluding hydrogens is 322 g/mol. The maximum absolute atomic E-state index is 9.57. The van der Waals surface area contributed by atoms with Gasteiger partial charge in [-0.25, -0.2) is 0 Å². The summed E-state index contributed by atoms with van der Waals surface area (Å²) in [5.74, 6) is 0. The SMILES string of the molecule is CCC(CO)(CO)Nc1c(N)cnc2ccc(Br)cc12. The van der Waals surface area contributed by atoms with Gasteiger partial charge in [0.25, 0.3) is 0 Å². The number of pyridine rings is 1. The van der Waals surface area contributed by atoms with Gasteiger partial charge in [-0.05, 0) is 24.6 Å². The Morgan fingerprint density at radius 3 is 2.65 bits per heavy atom. The number of nitrogens with one attached hydrogen (secondary N) is 1. The number of nitrogens with two attached hydrogens (primary N) is 1. The monoisotopic (exact) mass is 339 g/mol. The molecule has 0 bridgehead atoms. The first kappa shape index (κ1) is 15.0. The van der Waals surface area contributed by atoms with Crippen LogP contribution in [0.4, 0.5) is 11.4 Å². The Balaban J connectivity index is 2.58. The van der Waals surface area contributed by atoms with Gasteiger partial charge >= 0.3 is 0 Å². The lowest BCUT2D eigenvalue weighted by Gasteiger charge is -2.32. The number of aliphatic hydroxyl groups excluding tert-OH is 2. The van der Waals surface area contributed by atoms with Crippen molar-refractivity contribution in [2.45, 2.75) is 18.9 Å². The van der Waals surface area contributed by atoms with Gasteiger partial charge in [0, 0.05) is 9.86 Å². The number of nitrogen functional groups attached to an aromatic ring is 1. The predicted molar refractivity (Wildman–Crippen MR) is 84.7 cm³/mol. The molecule has 6 heteroatoms. The number of halogens is 1. The van der Waals surface area contributed by atoms with Crippen LogP contribution in [0.1, 0.15) is 13.3 Å². The van der Waals surface area contributed by atoms with Crippen molar-refractivity contribution in [3.8, 4) is 0 Å². The van der Waals surface area contributed by atoms with E-state index in [1.54, 1.807) is 6.20 Å². The molecule has 0 aliphatic heterocycles. The van der Waals surface area contributed by atoms with Crippen molar-refractivity contribution in [1.29, 1.82) is 0 Å². The minimum absolute atomic E-state index is 0.183. The molecule has 0 saturated carbocycles. The van der Waals surface area contributed by atoms with Gasteiger partial charge in [-0.1, -0.05) is 22.9 Å². The Labute approximate surface area is 126 Å². The van der Waals surface area contributed by atoms with Crippen LogP contribution < -0.4 is 11.1 Å². The molecule has 0 atom stereocenters. The Morgan fingerprint density at radius 1 is 1.35 bits per heavy atom. The van der Waals surface area contributed by atoms with E-state index >= 15 is 0 Å². The highest BCUT2D eigenvalue weighted by Gasteiger charge is 2.27. The maximum Gasteiger partial charge on any atom is 0.0832 e. The molecule has 0 unspecified atom stereocenters. The van der Waals surface area contributed by atoms with E-state index in [-0.39, 0.29) is 13.2 Å². The summed E-state index contributed by atoms with van der Waals surface area (Å²) >= 11 is 3.43. The Kier molecular flexibility index (Phi) is 4.47. The first-order valence-electron chi connectivity index (χ1n) is 6.39. The maximum atomic E-state index is 9.57. The lowest BCUT2D eigenvalue weighted by atomic mass is 9.97. The van der Waals surface area contributed by atoms with Crippen LogP contribution in [-0.4, -0.2) is 33.9 Å². The van der Waals surface area contributed by atoms with E-state index in [0.29, 0.717) is 17.8 Å². The fraction of sp³-hybridized carbons (Fsp3) is 0.357. The smallest absolute Gasteiger partial charge is 0.0832 e. The summed E-state index contributed by atoms with van der Waals surface area (Å²) < 4.78 is 0.913. The average Bonchev–Trinajstić information content (AvgIpc) is 2.47. The van der Waals surface area contributed by atoms with E-state index in [2.05, 4.69) is 26.2 Å². The highest BCUT2D eigenvalue weighted by molar-refractivity contribution is 9.10. The van der Waals surface area contributed by atoms with Gasteiger partial charge in [0.05, 0.1) is 41.8 Å². The molecule has 108 valence electrons. The molecule has 1 aromatic carbocycles. The second-order valence-electron chi connectivity index (χ2n) is 4.83. The number of hydrogen-bond donors (Lipinski definition) is 4. The Hall–Kier alpha value is -1.37. The molecule has 0 radical (unpaired) electrons. The molecular formula is C14H18BrN3O2. The molecule has 0 fully saturated rings. The number of anilines is 2. The standard InChI is InChI=1S/C14H18BrN3O2/c1-2-14(7-19,8-20)18-13-10-5-9(15)3-4-12(10)17-6-11(13)16/h3-6,19-20H,2,7-8,16H2,1H3,(H,17,18). The molecule has 2 rings (SSSR count). The zero-order valence-electron chi connectivity index (χ0n) is 11.2. The van der Waals surface area contributed by atoms with E-state index in [0.717, 1.165) is 15.4 Å². The van der Waals surface area contributed by atoms with Gasteiger partial charge < -0.3 is 21.3 Å². The molecule has 0 amide bonds. The van der Waals surface area contributed by atoms with Crippen molar-refractivity contribution >= 4 is 38.2 Å². The number of aromatic nitrogens is 1. The van der Waals surface area contributed by atoms with Crippen LogP contribution >= 0.6 is 15.9 Å². The minimum Gasteiger partial charge on any atom is -0.396 e. The van der Waals surface area contributed by atoms with Crippen LogP contribution in [0, 0.1) is 0 Å². The highest BCUT2D eigenvalue weighted by Crippen LogP contribution is 2.32. The van der Waals surface area contributed by atoms with Gasteiger partial charge in [0.15, 0.2) is 0 Å². The summed E-state index contributed by atoms with van der Waals surface area (Å²) in [7, 11) is 0. The van der Waals surface area contributed by atoms with Crippen molar-refractivity contribution in [3.05, 3.63) is 28.9 Å². The summed E-state index contributed by atoms with van der Waals surface area (Å²) in [6.07, 6.45) is 2.14.